The van der Waals surface area contributed by atoms with Gasteiger partial charge in [-0.05, 0) is 77.5 Å². The lowest BCUT2D eigenvalue weighted by Crippen LogP contribution is -2.54. The Bertz CT molecular complexity index is 2460. The van der Waals surface area contributed by atoms with Gasteiger partial charge < -0.3 is 19.5 Å². The Hall–Kier alpha value is -6.16. The first kappa shape index (κ1) is 36.2. The van der Waals surface area contributed by atoms with Gasteiger partial charge in [-0.15, -0.1) is 0 Å². The molecule has 54 heavy (non-hydrogen) atoms. The van der Waals surface area contributed by atoms with Crippen LogP contribution in [0.15, 0.2) is 95.4 Å². The number of nitrogens with one attached hydrogen (secondary N) is 1. The predicted octanol–water partition coefficient (Wildman–Crippen LogP) is 5.33. The van der Waals surface area contributed by atoms with E-state index >= 15 is 0 Å². The van der Waals surface area contributed by atoms with Crippen LogP contribution in [0.25, 0.3) is 39.1 Å². The van der Waals surface area contributed by atoms with Crippen LogP contribution in [0, 0.1) is 5.82 Å². The average Bonchev–Trinajstić information content (AvgIpc) is 3.81. The van der Waals surface area contributed by atoms with E-state index < -0.39 is 35.0 Å². The van der Waals surface area contributed by atoms with Crippen LogP contribution < -0.4 is 14.5 Å². The molecule has 0 radical (unpaired) electrons. The summed E-state index contributed by atoms with van der Waals surface area (Å²) >= 11 is 0. The van der Waals surface area contributed by atoms with Crippen molar-refractivity contribution >= 4 is 44.4 Å². The van der Waals surface area contributed by atoms with Crippen LogP contribution in [0.3, 0.4) is 0 Å². The molecule has 6 aromatic rings. The van der Waals surface area contributed by atoms with Crippen molar-refractivity contribution in [2.75, 3.05) is 55.4 Å². The molecule has 0 unspecified atom stereocenters. The first-order valence-corrected chi connectivity index (χ1v) is 19.0. The highest BCUT2D eigenvalue weighted by Crippen LogP contribution is 2.42. The molecule has 3 heterocycles. The van der Waals surface area contributed by atoms with E-state index in [0.717, 1.165) is 16.2 Å². The molecule has 0 bridgehead atoms. The van der Waals surface area contributed by atoms with Crippen molar-refractivity contribution in [3.63, 3.8) is 0 Å². The molecule has 1 saturated heterocycles. The Labute approximate surface area is 309 Å². The molecule has 4 aromatic carbocycles. The summed E-state index contributed by atoms with van der Waals surface area (Å²) in [5, 5.41) is 15.3. The molecule has 1 fully saturated rings. The first-order valence-electron chi connectivity index (χ1n) is 17.1. The molecular weight excluding hydrogens is 719 g/mol. The number of rotatable bonds is 10. The van der Waals surface area contributed by atoms with E-state index in [-0.39, 0.29) is 34.5 Å². The largest absolute Gasteiger partial charge is 0.455 e. The van der Waals surface area contributed by atoms with E-state index in [1.807, 2.05) is 37.3 Å². The maximum atomic E-state index is 14.1. The van der Waals surface area contributed by atoms with Crippen LogP contribution in [0.5, 0.6) is 0 Å². The lowest BCUT2D eigenvalue weighted by Gasteiger charge is -2.40. The predicted molar refractivity (Wildman–Crippen MR) is 200 cm³/mol. The number of para-hydroxylation sites is 1. The summed E-state index contributed by atoms with van der Waals surface area (Å²) in [6.07, 6.45) is 0.970. The van der Waals surface area contributed by atoms with Gasteiger partial charge in [-0.3, -0.25) is 13.9 Å². The number of tetrazole rings is 1. The Morgan fingerprint density at radius 2 is 1.74 bits per heavy atom. The van der Waals surface area contributed by atoms with E-state index in [0.29, 0.717) is 53.2 Å². The average molecular weight is 755 g/mol. The van der Waals surface area contributed by atoms with Crippen LogP contribution in [-0.4, -0.2) is 97.5 Å². The van der Waals surface area contributed by atoms with Crippen LogP contribution in [0.4, 0.5) is 20.4 Å². The Kier molecular flexibility index (Phi) is 9.85. The maximum absolute atomic E-state index is 14.1. The Morgan fingerprint density at radius 3 is 2.43 bits per heavy atom. The van der Waals surface area contributed by atoms with E-state index in [2.05, 4.69) is 25.7 Å². The smallest absolute Gasteiger partial charge is 0.255 e. The van der Waals surface area contributed by atoms with Crippen molar-refractivity contribution in [1.82, 2.24) is 30.4 Å². The second kappa shape index (κ2) is 14.7. The van der Waals surface area contributed by atoms with Gasteiger partial charge in [-0.2, -0.15) is 4.68 Å². The number of nitrogens with zero attached hydrogens (tertiary/aromatic N) is 7. The second-order valence-electron chi connectivity index (χ2n) is 12.9. The highest BCUT2D eigenvalue weighted by molar-refractivity contribution is 7.92. The van der Waals surface area contributed by atoms with Crippen LogP contribution in [0.1, 0.15) is 27.6 Å². The highest BCUT2D eigenvalue weighted by atomic mass is 32.2. The molecule has 0 saturated carbocycles. The SMILES string of the molecule is CNC(=O)c1c(-c2ccc(F)cc2)oc2cc(N(CCF)S(C)(=O)=O)c(-c3cccc(C(=O)N4CCN(c5nnnn5-c5ccccc5)[C@H](C)C4)c3)cc12. The number of furan rings is 1. The lowest BCUT2D eigenvalue weighted by atomic mass is 9.97. The minimum atomic E-state index is -4.02. The van der Waals surface area contributed by atoms with E-state index in [9.17, 15) is 26.8 Å². The number of amides is 2. The zero-order valence-electron chi connectivity index (χ0n) is 29.6. The topological polar surface area (TPSA) is 147 Å². The normalized spacial score (nSPS) is 14.7. The number of piperazine rings is 1. The molecule has 2 amide bonds. The summed E-state index contributed by atoms with van der Waals surface area (Å²) in [6.45, 7) is 1.73. The fourth-order valence-corrected chi connectivity index (χ4v) is 7.71. The van der Waals surface area contributed by atoms with Gasteiger partial charge >= 0.3 is 0 Å². The molecule has 16 heteroatoms. The summed E-state index contributed by atoms with van der Waals surface area (Å²) in [5.74, 6) is -0.520. The number of carbonyl (C=O) groups is 2. The summed E-state index contributed by atoms with van der Waals surface area (Å²) in [7, 11) is -2.56. The third-order valence-electron chi connectivity index (χ3n) is 9.37. The molecule has 0 aliphatic carbocycles. The van der Waals surface area contributed by atoms with Gasteiger partial charge in [-0.1, -0.05) is 35.4 Å². The van der Waals surface area contributed by atoms with Crippen molar-refractivity contribution in [3.05, 3.63) is 108 Å². The van der Waals surface area contributed by atoms with Gasteiger partial charge in [0.25, 0.3) is 17.8 Å². The lowest BCUT2D eigenvalue weighted by molar-refractivity contribution is 0.0725. The Morgan fingerprint density at radius 1 is 0.981 bits per heavy atom. The number of hydrogen-bond donors (Lipinski definition) is 1. The monoisotopic (exact) mass is 754 g/mol. The van der Waals surface area contributed by atoms with Gasteiger partial charge in [0.1, 0.15) is 23.8 Å². The zero-order valence-corrected chi connectivity index (χ0v) is 30.4. The van der Waals surface area contributed by atoms with Crippen LogP contribution in [-0.2, 0) is 10.0 Å². The number of alkyl halides is 1. The number of hydrogen-bond acceptors (Lipinski definition) is 9. The van der Waals surface area contributed by atoms with Crippen molar-refractivity contribution in [3.8, 4) is 28.1 Å². The van der Waals surface area contributed by atoms with Gasteiger partial charge in [0.2, 0.25) is 10.0 Å². The van der Waals surface area contributed by atoms with E-state index in [1.165, 1.54) is 37.4 Å². The number of fused-ring (bicyclic) bond motifs is 1. The molecule has 13 nitrogen and oxygen atoms in total. The third kappa shape index (κ3) is 6.87. The van der Waals surface area contributed by atoms with Crippen LogP contribution in [0.2, 0.25) is 0 Å². The number of carbonyl (C=O) groups excluding carboxylic acids is 2. The van der Waals surface area contributed by atoms with Gasteiger partial charge in [0.15, 0.2) is 0 Å². The number of benzene rings is 4. The second-order valence-corrected chi connectivity index (χ2v) is 14.8. The molecule has 2 aromatic heterocycles. The first-order chi connectivity index (χ1) is 26.0. The number of sulfonamides is 1. The standard InChI is InChI=1S/C38H36F2N8O5S/c1-24-23-45(18-19-46(24)38-42-43-44-48(38)29-10-5-4-6-11-29)37(50)27-9-7-8-26(20-27)30-21-31-33(22-32(30)47(17-16-39)54(3,51)52)53-35(34(31)36(49)41-2)25-12-14-28(40)15-13-25/h4-15,20-22,24H,16-19,23H2,1-3H3,(H,41,49)/t24-/m1/s1. The molecule has 1 N–H and O–H groups in total. The highest BCUT2D eigenvalue weighted by Gasteiger charge is 2.32. The molecule has 1 aliphatic heterocycles. The third-order valence-corrected chi connectivity index (χ3v) is 10.5. The molecule has 278 valence electrons. The van der Waals surface area contributed by atoms with E-state index in [4.69, 9.17) is 4.42 Å². The quantitative estimate of drug-likeness (QED) is 0.196. The van der Waals surface area contributed by atoms with Crippen LogP contribution >= 0.6 is 0 Å². The maximum Gasteiger partial charge on any atom is 0.255 e. The minimum Gasteiger partial charge on any atom is -0.455 e. The van der Waals surface area contributed by atoms with E-state index in [1.54, 1.807) is 39.9 Å². The molecular formula is C38H36F2N8O5S. The Balaban J connectivity index is 1.27. The summed E-state index contributed by atoms with van der Waals surface area (Å²) in [5.41, 5.74) is 2.71. The summed E-state index contributed by atoms with van der Waals surface area (Å²) < 4.78 is 62.7. The summed E-state index contributed by atoms with van der Waals surface area (Å²) in [6, 6.07) is 24.5. The molecule has 0 spiro atoms. The van der Waals surface area contributed by atoms with Crippen molar-refractivity contribution in [1.29, 1.82) is 0 Å². The molecule has 7 rings (SSSR count). The van der Waals surface area contributed by atoms with Gasteiger partial charge in [-0.25, -0.2) is 17.2 Å². The van der Waals surface area contributed by atoms with Gasteiger partial charge in [0.05, 0.1) is 29.7 Å². The fraction of sp³-hybridized carbons (Fsp3) is 0.237. The minimum absolute atomic E-state index is 0.0912. The number of halogens is 2. The zero-order chi connectivity index (χ0) is 38.1. The number of aromatic nitrogens is 4. The van der Waals surface area contributed by atoms with Crippen molar-refractivity contribution in [2.24, 2.45) is 0 Å². The van der Waals surface area contributed by atoms with Gasteiger partial charge in [0, 0.05) is 60.9 Å². The summed E-state index contributed by atoms with van der Waals surface area (Å²) in [4.78, 5) is 31.2. The van der Waals surface area contributed by atoms with Crippen molar-refractivity contribution < 1.29 is 31.2 Å². The number of anilines is 2. The molecule has 1 aliphatic rings. The fourth-order valence-electron chi connectivity index (χ4n) is 6.81. The molecule has 1 atom stereocenters. The van der Waals surface area contributed by atoms with Crippen molar-refractivity contribution in [2.45, 2.75) is 13.0 Å².